The molecule has 0 saturated heterocycles. The van der Waals surface area contributed by atoms with Crippen molar-refractivity contribution in [3.8, 4) is 90.9 Å². The molecule has 294 valence electrons. The summed E-state index contributed by atoms with van der Waals surface area (Å²) in [6, 6.07) is 73.9. The van der Waals surface area contributed by atoms with Crippen LogP contribution in [0.25, 0.3) is 107 Å². The predicted molar refractivity (Wildman–Crippen MR) is 253 cm³/mol. The Morgan fingerprint density at radius 3 is 1.44 bits per heavy atom. The highest BCUT2D eigenvalue weighted by Gasteiger charge is 2.22. The van der Waals surface area contributed by atoms with Gasteiger partial charge in [0.1, 0.15) is 0 Å². The second-order valence-corrected chi connectivity index (χ2v) is 15.2. The molecule has 3 heterocycles. The van der Waals surface area contributed by atoms with Crippen molar-refractivity contribution in [1.82, 2.24) is 29.5 Å². The Morgan fingerprint density at radius 1 is 0.333 bits per heavy atom. The summed E-state index contributed by atoms with van der Waals surface area (Å²) in [7, 11) is 0. The van der Waals surface area contributed by atoms with Gasteiger partial charge >= 0.3 is 0 Å². The number of benzene rings is 8. The van der Waals surface area contributed by atoms with Crippen LogP contribution in [0.1, 0.15) is 5.56 Å². The molecule has 11 rings (SSSR count). The maximum atomic E-state index is 9.68. The maximum Gasteiger partial charge on any atom is 0.166 e. The van der Waals surface area contributed by atoms with Crippen molar-refractivity contribution in [2.24, 2.45) is 0 Å². The highest BCUT2D eigenvalue weighted by molar-refractivity contribution is 6.11. The van der Waals surface area contributed by atoms with Crippen LogP contribution in [-0.4, -0.2) is 29.5 Å². The van der Waals surface area contributed by atoms with Crippen LogP contribution in [0.15, 0.2) is 212 Å². The minimum Gasteiger partial charge on any atom is -0.309 e. The summed E-state index contributed by atoms with van der Waals surface area (Å²) in [5, 5.41) is 11.9. The van der Waals surface area contributed by atoms with Gasteiger partial charge in [-0.05, 0) is 65.7 Å². The van der Waals surface area contributed by atoms with E-state index in [1.165, 1.54) is 0 Å². The summed E-state index contributed by atoms with van der Waals surface area (Å²) < 4.78 is 2.30. The van der Waals surface area contributed by atoms with Crippen molar-refractivity contribution in [3.63, 3.8) is 0 Å². The lowest BCUT2D eigenvalue weighted by atomic mass is 10.0. The molecule has 0 bridgehead atoms. The largest absolute Gasteiger partial charge is 0.309 e. The molecule has 3 aromatic heterocycles. The Balaban J connectivity index is 1.19. The van der Waals surface area contributed by atoms with Gasteiger partial charge in [0.15, 0.2) is 23.3 Å². The Hall–Kier alpha value is -8.86. The van der Waals surface area contributed by atoms with Crippen LogP contribution in [0.2, 0.25) is 0 Å². The van der Waals surface area contributed by atoms with Gasteiger partial charge in [-0.1, -0.05) is 158 Å². The SMILES string of the molecule is N#Cc1cccc(-c2ccc3c(c2)c2ccccc2n3-c2ccc(-c3nc(-c4ccccc4)cc(-c4ccccc4)n3)cc2-c2nc(-c3ccccc3)nc(-c3ccccc3)n2)c1. The second kappa shape index (κ2) is 16.0. The fraction of sp³-hybridized carbons (Fsp3) is 0. The molecule has 0 atom stereocenters. The molecule has 0 spiro atoms. The van der Waals surface area contributed by atoms with E-state index >= 15 is 0 Å². The summed E-state index contributed by atoms with van der Waals surface area (Å²) in [6.45, 7) is 0. The zero-order chi connectivity index (χ0) is 42.1. The average Bonchev–Trinajstić information content (AvgIpc) is 3.70. The third-order valence-electron chi connectivity index (χ3n) is 11.3. The van der Waals surface area contributed by atoms with Gasteiger partial charge in [-0.25, -0.2) is 24.9 Å². The molecule has 0 amide bonds. The molecule has 0 aliphatic heterocycles. The standard InChI is InChI=1S/C56H35N7/c57-36-37-16-15-25-42(32-37)43-28-30-51-46(33-43)45-26-13-14-27-50(45)63(51)52-31-29-44(55-58-48(38-17-5-1-6-18-38)35-49(59-55)39-19-7-2-8-20-39)34-47(52)56-61-53(40-21-9-3-10-22-40)60-54(62-56)41-23-11-4-12-24-41/h1-35H. The first-order valence-electron chi connectivity index (χ1n) is 20.7. The van der Waals surface area contributed by atoms with Gasteiger partial charge in [-0.15, -0.1) is 0 Å². The molecule has 63 heavy (non-hydrogen) atoms. The Morgan fingerprint density at radius 2 is 0.825 bits per heavy atom. The molecule has 7 nitrogen and oxygen atoms in total. The van der Waals surface area contributed by atoms with Gasteiger partial charge in [-0.2, -0.15) is 5.26 Å². The first-order chi connectivity index (χ1) is 31.2. The van der Waals surface area contributed by atoms with E-state index in [1.807, 2.05) is 121 Å². The number of para-hydroxylation sites is 1. The number of fused-ring (bicyclic) bond motifs is 3. The maximum absolute atomic E-state index is 9.68. The zero-order valence-electron chi connectivity index (χ0n) is 33.8. The first kappa shape index (κ1) is 37.2. The molecule has 0 saturated carbocycles. The number of nitriles is 1. The molecule has 8 aromatic carbocycles. The van der Waals surface area contributed by atoms with E-state index in [9.17, 15) is 5.26 Å². The molecule has 0 fully saturated rings. The molecule has 11 aromatic rings. The van der Waals surface area contributed by atoms with Crippen molar-refractivity contribution in [3.05, 3.63) is 218 Å². The number of hydrogen-bond acceptors (Lipinski definition) is 6. The van der Waals surface area contributed by atoms with E-state index < -0.39 is 0 Å². The Bertz CT molecular complexity index is 3390. The fourth-order valence-corrected chi connectivity index (χ4v) is 8.25. The lowest BCUT2D eigenvalue weighted by Gasteiger charge is -2.16. The molecule has 7 heteroatoms. The molecule has 0 aliphatic rings. The van der Waals surface area contributed by atoms with E-state index in [0.29, 0.717) is 28.9 Å². The average molecular weight is 806 g/mol. The summed E-state index contributed by atoms with van der Waals surface area (Å²) in [6.07, 6.45) is 0. The van der Waals surface area contributed by atoms with Crippen molar-refractivity contribution in [1.29, 1.82) is 5.26 Å². The van der Waals surface area contributed by atoms with Gasteiger partial charge in [0.2, 0.25) is 0 Å². The monoisotopic (exact) mass is 805 g/mol. The number of rotatable bonds is 8. The van der Waals surface area contributed by atoms with Crippen LogP contribution < -0.4 is 0 Å². The minimum atomic E-state index is 0.512. The third kappa shape index (κ3) is 7.08. The molecular weight excluding hydrogens is 771 g/mol. The first-order valence-corrected chi connectivity index (χ1v) is 20.7. The smallest absolute Gasteiger partial charge is 0.166 e. The summed E-state index contributed by atoms with van der Waals surface area (Å²) in [4.78, 5) is 26.0. The summed E-state index contributed by atoms with van der Waals surface area (Å²) in [5.74, 6) is 2.22. The van der Waals surface area contributed by atoms with Crippen LogP contribution in [0.5, 0.6) is 0 Å². The minimum absolute atomic E-state index is 0.512. The van der Waals surface area contributed by atoms with E-state index in [4.69, 9.17) is 24.9 Å². The second-order valence-electron chi connectivity index (χ2n) is 15.2. The van der Waals surface area contributed by atoms with Crippen LogP contribution >= 0.6 is 0 Å². The van der Waals surface area contributed by atoms with Gasteiger partial charge in [-0.3, -0.25) is 0 Å². The fourth-order valence-electron chi connectivity index (χ4n) is 8.25. The quantitative estimate of drug-likeness (QED) is 0.152. The molecular formula is C56H35N7. The third-order valence-corrected chi connectivity index (χ3v) is 11.3. The topological polar surface area (TPSA) is 93.2 Å². The normalized spacial score (nSPS) is 11.2. The van der Waals surface area contributed by atoms with Crippen LogP contribution in [0.3, 0.4) is 0 Å². The Labute approximate surface area is 364 Å². The number of aromatic nitrogens is 6. The highest BCUT2D eigenvalue weighted by Crippen LogP contribution is 2.40. The molecule has 0 aliphatic carbocycles. The summed E-state index contributed by atoms with van der Waals surface area (Å²) >= 11 is 0. The van der Waals surface area contributed by atoms with Crippen LogP contribution in [0.4, 0.5) is 0 Å². The van der Waals surface area contributed by atoms with Gasteiger partial charge in [0.25, 0.3) is 0 Å². The number of hydrogen-bond donors (Lipinski definition) is 0. The highest BCUT2D eigenvalue weighted by atomic mass is 15.1. The predicted octanol–water partition coefficient (Wildman–Crippen LogP) is 13.3. The zero-order valence-corrected chi connectivity index (χ0v) is 33.8. The van der Waals surface area contributed by atoms with E-state index in [-0.39, 0.29) is 0 Å². The van der Waals surface area contributed by atoms with Crippen molar-refractivity contribution in [2.45, 2.75) is 0 Å². The lowest BCUT2D eigenvalue weighted by molar-refractivity contribution is 1.06. The summed E-state index contributed by atoms with van der Waals surface area (Å²) in [5.41, 5.74) is 12.6. The van der Waals surface area contributed by atoms with Crippen molar-refractivity contribution >= 4 is 21.8 Å². The van der Waals surface area contributed by atoms with Gasteiger partial charge < -0.3 is 4.57 Å². The van der Waals surface area contributed by atoms with Crippen LogP contribution in [-0.2, 0) is 0 Å². The molecule has 0 radical (unpaired) electrons. The van der Waals surface area contributed by atoms with Crippen molar-refractivity contribution < 1.29 is 0 Å². The molecule has 0 N–H and O–H groups in total. The van der Waals surface area contributed by atoms with Gasteiger partial charge in [0, 0.05) is 44.2 Å². The van der Waals surface area contributed by atoms with E-state index in [2.05, 4.69) is 102 Å². The number of nitrogens with zero attached hydrogens (tertiary/aromatic N) is 7. The van der Waals surface area contributed by atoms with Crippen LogP contribution in [0, 0.1) is 11.3 Å². The van der Waals surface area contributed by atoms with Crippen molar-refractivity contribution in [2.75, 3.05) is 0 Å². The Kier molecular flexibility index (Phi) is 9.41. The van der Waals surface area contributed by atoms with Gasteiger partial charge in [0.05, 0.1) is 39.7 Å². The lowest BCUT2D eigenvalue weighted by Crippen LogP contribution is -2.04. The molecule has 0 unspecified atom stereocenters. The van der Waals surface area contributed by atoms with E-state index in [1.54, 1.807) is 0 Å². The van der Waals surface area contributed by atoms with E-state index in [0.717, 1.165) is 83.4 Å².